The predicted octanol–water partition coefficient (Wildman–Crippen LogP) is 20.2. The molecule has 0 radical (unpaired) electrons. The van der Waals surface area contributed by atoms with Gasteiger partial charge in [-0.1, -0.05) is 264 Å². The van der Waals surface area contributed by atoms with Crippen LogP contribution in [0.3, 0.4) is 0 Å². The molecule has 0 aromatic rings. The number of esters is 3. The fourth-order valence-corrected chi connectivity index (χ4v) is 7.79. The average molecular weight is 1010 g/mol. The van der Waals surface area contributed by atoms with Crippen LogP contribution in [-0.4, -0.2) is 37.2 Å². The molecule has 0 rings (SSSR count). The van der Waals surface area contributed by atoms with E-state index < -0.39 is 12.1 Å². The molecular weight excluding hydrogens is 901 g/mol. The molecule has 0 heterocycles. The van der Waals surface area contributed by atoms with Gasteiger partial charge in [0.05, 0.1) is 0 Å². The molecule has 73 heavy (non-hydrogen) atoms. The Bertz CT molecular complexity index is 1580. The lowest BCUT2D eigenvalue weighted by Gasteiger charge is -2.18. The van der Waals surface area contributed by atoms with Crippen LogP contribution in [0.25, 0.3) is 0 Å². The second kappa shape index (κ2) is 60.1. The largest absolute Gasteiger partial charge is 0.462 e. The summed E-state index contributed by atoms with van der Waals surface area (Å²) in [7, 11) is 0. The molecule has 0 spiro atoms. The van der Waals surface area contributed by atoms with Gasteiger partial charge in [0.25, 0.3) is 0 Å². The van der Waals surface area contributed by atoms with E-state index in [2.05, 4.69) is 142 Å². The predicted molar refractivity (Wildman–Crippen MR) is 316 cm³/mol. The summed E-state index contributed by atoms with van der Waals surface area (Å²) in [5.74, 6) is -1.01. The molecule has 0 aliphatic heterocycles. The summed E-state index contributed by atoms with van der Waals surface area (Å²) < 4.78 is 16.8. The summed E-state index contributed by atoms with van der Waals surface area (Å²) in [6.45, 7) is 6.34. The lowest BCUT2D eigenvalue weighted by atomic mass is 10.1. The first-order valence-corrected chi connectivity index (χ1v) is 29.7. The van der Waals surface area contributed by atoms with E-state index in [4.69, 9.17) is 14.2 Å². The van der Waals surface area contributed by atoms with Crippen LogP contribution in [-0.2, 0) is 28.6 Å². The minimum atomic E-state index is -0.824. The van der Waals surface area contributed by atoms with Crippen molar-refractivity contribution >= 4 is 17.9 Å². The molecule has 0 aromatic carbocycles. The van der Waals surface area contributed by atoms with Crippen molar-refractivity contribution in [3.8, 4) is 0 Å². The second-order valence-corrected chi connectivity index (χ2v) is 19.1. The van der Waals surface area contributed by atoms with Crippen LogP contribution < -0.4 is 0 Å². The third-order valence-corrected chi connectivity index (χ3v) is 12.2. The van der Waals surface area contributed by atoms with E-state index >= 15 is 0 Å². The van der Waals surface area contributed by atoms with E-state index in [-0.39, 0.29) is 31.6 Å². The fourth-order valence-electron chi connectivity index (χ4n) is 7.79. The zero-order valence-corrected chi connectivity index (χ0v) is 47.1. The van der Waals surface area contributed by atoms with Gasteiger partial charge in [0, 0.05) is 19.3 Å². The van der Waals surface area contributed by atoms with Crippen LogP contribution in [0.1, 0.15) is 252 Å². The fraction of sp³-hybridized carbons (Fsp3) is 0.627. The van der Waals surface area contributed by atoms with E-state index in [0.29, 0.717) is 19.3 Å². The number of allylic oxidation sites excluding steroid dienone is 22. The molecule has 0 saturated heterocycles. The van der Waals surface area contributed by atoms with Crippen molar-refractivity contribution in [1.29, 1.82) is 0 Å². The Kier molecular flexibility index (Phi) is 56.4. The number of hydrogen-bond donors (Lipinski definition) is 0. The number of rotatable bonds is 52. The molecule has 0 N–H and O–H groups in total. The molecule has 0 aliphatic rings. The van der Waals surface area contributed by atoms with E-state index in [0.717, 1.165) is 116 Å². The summed E-state index contributed by atoms with van der Waals surface area (Å²) in [6.07, 6.45) is 84.6. The van der Waals surface area contributed by atoms with Crippen LogP contribution in [0.2, 0.25) is 0 Å². The van der Waals surface area contributed by atoms with Gasteiger partial charge in [-0.15, -0.1) is 0 Å². The van der Waals surface area contributed by atoms with Crippen molar-refractivity contribution in [3.05, 3.63) is 134 Å². The van der Waals surface area contributed by atoms with E-state index in [1.165, 1.54) is 89.9 Å². The first kappa shape index (κ1) is 68.6. The standard InChI is InChI=1S/C67H108O6/c1-4-7-10-13-16-19-22-24-26-28-30-31-32-33-34-35-37-38-40-42-45-48-51-54-57-60-66(69)72-63-64(62-71-65(68)59-56-53-50-47-44-21-18-15-12-9-6-3)73-67(70)61-58-55-52-49-46-43-41-39-36-29-27-25-23-20-17-14-11-8-5-2/h7-8,10-11,16-17,19-20,24-27,30-31,33-34,36,39,43,46,52,55,64H,4-6,9,12-15,18,21-23,28-29,32,35,37-38,40-42,44-45,47-51,53-54,56-63H2,1-3H3/b10-7-,11-8-,19-16-,20-17-,26-24-,27-25-,31-30-,34-33-,39-36-,46-43-,55-52-. The molecule has 0 fully saturated rings. The molecule has 0 aliphatic carbocycles. The van der Waals surface area contributed by atoms with Crippen LogP contribution in [0, 0.1) is 0 Å². The van der Waals surface area contributed by atoms with Gasteiger partial charge in [-0.25, -0.2) is 0 Å². The zero-order chi connectivity index (χ0) is 52.9. The molecule has 6 heteroatoms. The van der Waals surface area contributed by atoms with Crippen LogP contribution in [0.15, 0.2) is 134 Å². The Labute approximate surface area is 449 Å². The average Bonchev–Trinajstić information content (AvgIpc) is 3.39. The third-order valence-electron chi connectivity index (χ3n) is 12.2. The van der Waals surface area contributed by atoms with Crippen LogP contribution in [0.4, 0.5) is 0 Å². The molecule has 0 aromatic heterocycles. The van der Waals surface area contributed by atoms with Gasteiger partial charge in [-0.05, 0) is 103 Å². The maximum absolute atomic E-state index is 12.8. The molecule has 1 atom stereocenters. The zero-order valence-electron chi connectivity index (χ0n) is 47.1. The molecule has 1 unspecified atom stereocenters. The van der Waals surface area contributed by atoms with Crippen molar-refractivity contribution in [1.82, 2.24) is 0 Å². The highest BCUT2D eigenvalue weighted by Gasteiger charge is 2.19. The lowest BCUT2D eigenvalue weighted by molar-refractivity contribution is -0.166. The molecule has 6 nitrogen and oxygen atoms in total. The van der Waals surface area contributed by atoms with Crippen molar-refractivity contribution in [2.45, 2.75) is 258 Å². The quantitative estimate of drug-likeness (QED) is 0.0261. The topological polar surface area (TPSA) is 78.9 Å². The Morgan fingerprint density at radius 1 is 0.288 bits per heavy atom. The Morgan fingerprint density at radius 3 is 0.890 bits per heavy atom. The Balaban J connectivity index is 4.42. The van der Waals surface area contributed by atoms with Gasteiger partial charge < -0.3 is 14.2 Å². The molecule has 412 valence electrons. The van der Waals surface area contributed by atoms with Gasteiger partial charge >= 0.3 is 17.9 Å². The normalized spacial score (nSPS) is 13.1. The van der Waals surface area contributed by atoms with E-state index in [9.17, 15) is 14.4 Å². The minimum absolute atomic E-state index is 0.112. The SMILES string of the molecule is CC/C=C\C/C=C\C/C=C\C/C=C\C/C=C\C/C=C\CCC(=O)OC(COC(=O)CCCCCCCCCCC/C=C\C/C=C\C/C=C\C/C=C\C/C=C\CC)COC(=O)CCCCCCCCCCCCC. The number of carbonyl (C=O) groups excluding carboxylic acids is 3. The second-order valence-electron chi connectivity index (χ2n) is 19.1. The highest BCUT2D eigenvalue weighted by molar-refractivity contribution is 5.71. The summed E-state index contributed by atoms with van der Waals surface area (Å²) in [5.41, 5.74) is 0. The Morgan fingerprint density at radius 2 is 0.562 bits per heavy atom. The van der Waals surface area contributed by atoms with Crippen LogP contribution in [0.5, 0.6) is 0 Å². The van der Waals surface area contributed by atoms with Gasteiger partial charge in [-0.3, -0.25) is 14.4 Å². The summed E-state index contributed by atoms with van der Waals surface area (Å²) in [5, 5.41) is 0. The van der Waals surface area contributed by atoms with E-state index in [1.807, 2.05) is 12.2 Å². The monoisotopic (exact) mass is 1010 g/mol. The Hall–Kier alpha value is -4.45. The molecular formula is C67H108O6. The lowest BCUT2D eigenvalue weighted by Crippen LogP contribution is -2.30. The van der Waals surface area contributed by atoms with Crippen molar-refractivity contribution in [2.24, 2.45) is 0 Å². The van der Waals surface area contributed by atoms with Crippen LogP contribution >= 0.6 is 0 Å². The first-order chi connectivity index (χ1) is 36.0. The number of hydrogen-bond acceptors (Lipinski definition) is 6. The summed E-state index contributed by atoms with van der Waals surface area (Å²) in [4.78, 5) is 38.1. The minimum Gasteiger partial charge on any atom is -0.462 e. The third kappa shape index (κ3) is 58.3. The van der Waals surface area contributed by atoms with E-state index in [1.54, 1.807) is 0 Å². The maximum atomic E-state index is 12.8. The van der Waals surface area contributed by atoms with Crippen molar-refractivity contribution in [2.75, 3.05) is 13.2 Å². The number of ether oxygens (including phenoxy) is 3. The van der Waals surface area contributed by atoms with Gasteiger partial charge in [0.1, 0.15) is 13.2 Å². The summed E-state index contributed by atoms with van der Waals surface area (Å²) >= 11 is 0. The highest BCUT2D eigenvalue weighted by atomic mass is 16.6. The number of unbranched alkanes of at least 4 members (excludes halogenated alkanes) is 19. The van der Waals surface area contributed by atoms with Gasteiger partial charge in [-0.2, -0.15) is 0 Å². The summed E-state index contributed by atoms with van der Waals surface area (Å²) in [6, 6.07) is 0. The smallest absolute Gasteiger partial charge is 0.306 e. The molecule has 0 amide bonds. The van der Waals surface area contributed by atoms with Crippen molar-refractivity contribution < 1.29 is 28.6 Å². The first-order valence-electron chi connectivity index (χ1n) is 29.7. The molecule has 0 bridgehead atoms. The highest BCUT2D eigenvalue weighted by Crippen LogP contribution is 2.15. The van der Waals surface area contributed by atoms with Gasteiger partial charge in [0.2, 0.25) is 0 Å². The van der Waals surface area contributed by atoms with Gasteiger partial charge in [0.15, 0.2) is 6.10 Å². The molecule has 0 saturated carbocycles. The maximum Gasteiger partial charge on any atom is 0.306 e. The van der Waals surface area contributed by atoms with Crippen molar-refractivity contribution in [3.63, 3.8) is 0 Å². The number of carbonyl (C=O) groups is 3.